The van der Waals surface area contributed by atoms with Gasteiger partial charge in [-0.2, -0.15) is 0 Å². The molecule has 2 nitrogen and oxygen atoms in total. The van der Waals surface area contributed by atoms with Crippen LogP contribution in [-0.4, -0.2) is 12.5 Å². The molecule has 16 heavy (non-hydrogen) atoms. The summed E-state index contributed by atoms with van der Waals surface area (Å²) in [5.41, 5.74) is 0.599. The minimum Gasteiger partial charge on any atom is -0.356 e. The van der Waals surface area contributed by atoms with Gasteiger partial charge in [-0.3, -0.25) is 4.79 Å². The molecule has 0 saturated carbocycles. The Kier molecular flexibility index (Phi) is 4.96. The molecule has 3 heteroatoms. The molecule has 0 atom stereocenters. The summed E-state index contributed by atoms with van der Waals surface area (Å²) in [5, 5.41) is 2.81. The molecule has 0 heterocycles. The molecule has 0 bridgehead atoms. The number of carbonyl (C=O) groups is 1. The van der Waals surface area contributed by atoms with Crippen molar-refractivity contribution in [2.45, 2.75) is 26.7 Å². The van der Waals surface area contributed by atoms with Crippen molar-refractivity contribution in [3.8, 4) is 0 Å². The predicted molar refractivity (Wildman–Crippen MR) is 62.6 cm³/mol. The largest absolute Gasteiger partial charge is 0.356 e. The molecule has 0 aliphatic heterocycles. The number of halogens is 1. The minimum atomic E-state index is -0.237. The first-order valence-electron chi connectivity index (χ1n) is 5.59. The topological polar surface area (TPSA) is 29.1 Å². The Morgan fingerprint density at radius 3 is 2.69 bits per heavy atom. The van der Waals surface area contributed by atoms with E-state index in [9.17, 15) is 9.18 Å². The molecule has 0 spiro atoms. The molecular formula is C13H18FNO. The van der Waals surface area contributed by atoms with Gasteiger partial charge in [-0.15, -0.1) is 0 Å². The van der Waals surface area contributed by atoms with E-state index in [0.717, 1.165) is 0 Å². The zero-order chi connectivity index (χ0) is 12.0. The quantitative estimate of drug-likeness (QED) is 0.816. The lowest BCUT2D eigenvalue weighted by Gasteiger charge is -2.07. The van der Waals surface area contributed by atoms with Crippen LogP contribution in [0.2, 0.25) is 0 Å². The van der Waals surface area contributed by atoms with Gasteiger partial charge >= 0.3 is 0 Å². The highest BCUT2D eigenvalue weighted by molar-refractivity contribution is 5.76. The highest BCUT2D eigenvalue weighted by Gasteiger charge is 2.05. The second kappa shape index (κ2) is 6.26. The highest BCUT2D eigenvalue weighted by atomic mass is 19.1. The van der Waals surface area contributed by atoms with E-state index in [0.29, 0.717) is 30.9 Å². The summed E-state index contributed by atoms with van der Waals surface area (Å²) in [6.45, 7) is 4.75. The van der Waals surface area contributed by atoms with Crippen LogP contribution in [0.4, 0.5) is 4.39 Å². The van der Waals surface area contributed by atoms with Crippen molar-refractivity contribution in [2.75, 3.05) is 6.54 Å². The van der Waals surface area contributed by atoms with Gasteiger partial charge in [-0.05, 0) is 24.0 Å². The van der Waals surface area contributed by atoms with Crippen LogP contribution in [0.5, 0.6) is 0 Å². The average Bonchev–Trinajstić information content (AvgIpc) is 2.25. The van der Waals surface area contributed by atoms with Crippen molar-refractivity contribution in [3.63, 3.8) is 0 Å². The van der Waals surface area contributed by atoms with Gasteiger partial charge in [-0.25, -0.2) is 4.39 Å². The van der Waals surface area contributed by atoms with Gasteiger partial charge in [-0.1, -0.05) is 32.0 Å². The molecule has 1 aromatic rings. The number of carbonyl (C=O) groups excluding carboxylic acids is 1. The van der Waals surface area contributed by atoms with Crippen LogP contribution < -0.4 is 5.32 Å². The van der Waals surface area contributed by atoms with E-state index >= 15 is 0 Å². The Morgan fingerprint density at radius 2 is 2.06 bits per heavy atom. The average molecular weight is 223 g/mol. The van der Waals surface area contributed by atoms with E-state index in [1.54, 1.807) is 18.2 Å². The van der Waals surface area contributed by atoms with Crippen molar-refractivity contribution in [3.05, 3.63) is 35.6 Å². The van der Waals surface area contributed by atoms with Crippen LogP contribution in [0.25, 0.3) is 0 Å². The number of hydrogen-bond acceptors (Lipinski definition) is 1. The molecular weight excluding hydrogens is 205 g/mol. The van der Waals surface area contributed by atoms with Crippen molar-refractivity contribution >= 4 is 5.91 Å². The third kappa shape index (κ3) is 4.43. The summed E-state index contributed by atoms with van der Waals surface area (Å²) in [7, 11) is 0. The van der Waals surface area contributed by atoms with Gasteiger partial charge in [0, 0.05) is 13.0 Å². The first-order chi connectivity index (χ1) is 7.59. The number of nitrogens with one attached hydrogen (secondary N) is 1. The number of rotatable bonds is 5. The van der Waals surface area contributed by atoms with Crippen LogP contribution in [0, 0.1) is 11.7 Å². The summed E-state index contributed by atoms with van der Waals surface area (Å²) in [4.78, 5) is 11.4. The monoisotopic (exact) mass is 223 g/mol. The Morgan fingerprint density at radius 1 is 1.38 bits per heavy atom. The second-order valence-corrected chi connectivity index (χ2v) is 4.29. The fourth-order valence-corrected chi connectivity index (χ4v) is 1.36. The molecule has 1 amide bonds. The Balaban J connectivity index is 2.35. The molecule has 1 N–H and O–H groups in total. The third-order valence-corrected chi connectivity index (χ3v) is 2.29. The Hall–Kier alpha value is -1.38. The normalized spacial score (nSPS) is 10.5. The van der Waals surface area contributed by atoms with E-state index in [1.807, 2.05) is 13.8 Å². The van der Waals surface area contributed by atoms with Crippen LogP contribution in [0.3, 0.4) is 0 Å². The van der Waals surface area contributed by atoms with Crippen LogP contribution >= 0.6 is 0 Å². The maximum Gasteiger partial charge on any atom is 0.220 e. The summed E-state index contributed by atoms with van der Waals surface area (Å²) >= 11 is 0. The molecule has 88 valence electrons. The Labute approximate surface area is 95.9 Å². The SMILES string of the molecule is CC(C)CNC(=O)CCc1ccccc1F. The first kappa shape index (κ1) is 12.7. The van der Waals surface area contributed by atoms with Crippen LogP contribution in [0.1, 0.15) is 25.8 Å². The summed E-state index contributed by atoms with van der Waals surface area (Å²) in [6, 6.07) is 6.56. The van der Waals surface area contributed by atoms with Crippen molar-refractivity contribution < 1.29 is 9.18 Å². The van der Waals surface area contributed by atoms with Crippen molar-refractivity contribution in [1.82, 2.24) is 5.32 Å². The van der Waals surface area contributed by atoms with Gasteiger partial charge in [0.05, 0.1) is 0 Å². The summed E-state index contributed by atoms with van der Waals surface area (Å²) in [6.07, 6.45) is 0.796. The lowest BCUT2D eigenvalue weighted by Crippen LogP contribution is -2.27. The second-order valence-electron chi connectivity index (χ2n) is 4.29. The molecule has 1 aromatic carbocycles. The minimum absolute atomic E-state index is 0.0167. The standard InChI is InChI=1S/C13H18FNO/c1-10(2)9-15-13(16)8-7-11-5-3-4-6-12(11)14/h3-6,10H,7-9H2,1-2H3,(H,15,16). The number of benzene rings is 1. The molecule has 0 radical (unpaired) electrons. The maximum absolute atomic E-state index is 13.2. The Bertz CT molecular complexity index is 350. The zero-order valence-corrected chi connectivity index (χ0v) is 9.79. The lowest BCUT2D eigenvalue weighted by molar-refractivity contribution is -0.121. The van der Waals surface area contributed by atoms with Gasteiger partial charge in [0.25, 0.3) is 0 Å². The number of aryl methyl sites for hydroxylation is 1. The molecule has 1 rings (SSSR count). The molecule has 0 fully saturated rings. The molecule has 0 aliphatic carbocycles. The van der Waals surface area contributed by atoms with Crippen LogP contribution in [-0.2, 0) is 11.2 Å². The summed E-state index contributed by atoms with van der Waals surface area (Å²) < 4.78 is 13.2. The van der Waals surface area contributed by atoms with E-state index in [4.69, 9.17) is 0 Å². The highest BCUT2D eigenvalue weighted by Crippen LogP contribution is 2.08. The van der Waals surface area contributed by atoms with E-state index in [-0.39, 0.29) is 11.7 Å². The lowest BCUT2D eigenvalue weighted by atomic mass is 10.1. The van der Waals surface area contributed by atoms with Crippen LogP contribution in [0.15, 0.2) is 24.3 Å². The molecule has 0 unspecified atom stereocenters. The molecule has 0 saturated heterocycles. The smallest absolute Gasteiger partial charge is 0.220 e. The number of amides is 1. The fourth-order valence-electron chi connectivity index (χ4n) is 1.36. The van der Waals surface area contributed by atoms with Gasteiger partial charge < -0.3 is 5.32 Å². The van der Waals surface area contributed by atoms with E-state index in [2.05, 4.69) is 5.32 Å². The first-order valence-corrected chi connectivity index (χ1v) is 5.59. The number of hydrogen-bond donors (Lipinski definition) is 1. The van der Waals surface area contributed by atoms with E-state index < -0.39 is 0 Å². The molecule has 0 aromatic heterocycles. The summed E-state index contributed by atoms with van der Waals surface area (Å²) in [5.74, 6) is 0.188. The van der Waals surface area contributed by atoms with Gasteiger partial charge in [0.2, 0.25) is 5.91 Å². The fraction of sp³-hybridized carbons (Fsp3) is 0.462. The maximum atomic E-state index is 13.2. The van der Waals surface area contributed by atoms with Gasteiger partial charge in [0.1, 0.15) is 5.82 Å². The van der Waals surface area contributed by atoms with E-state index in [1.165, 1.54) is 6.07 Å². The third-order valence-electron chi connectivity index (χ3n) is 2.29. The van der Waals surface area contributed by atoms with Gasteiger partial charge in [0.15, 0.2) is 0 Å². The van der Waals surface area contributed by atoms with Crippen molar-refractivity contribution in [1.29, 1.82) is 0 Å². The zero-order valence-electron chi connectivity index (χ0n) is 9.79. The predicted octanol–water partition coefficient (Wildman–Crippen LogP) is 2.53. The molecule has 0 aliphatic rings. The van der Waals surface area contributed by atoms with Crippen molar-refractivity contribution in [2.24, 2.45) is 5.92 Å².